The van der Waals surface area contributed by atoms with Gasteiger partial charge in [0.05, 0.1) is 24.5 Å². The first kappa shape index (κ1) is 16.3. The standard InChI is InChI=1S/C18H22N6O3/c25-16-3-1-5-22(16)14-10-19-24(12-14)13-4-7-21(11-13)18(26)15-9-17-23(20-15)6-2-8-27-17/h9-10,12-13H,1-8,11H2. The van der Waals surface area contributed by atoms with Gasteiger partial charge in [-0.2, -0.15) is 10.2 Å². The molecule has 2 fully saturated rings. The van der Waals surface area contributed by atoms with Crippen LogP contribution in [0.1, 0.15) is 42.2 Å². The van der Waals surface area contributed by atoms with Crippen molar-refractivity contribution >= 4 is 17.5 Å². The number of anilines is 1. The fourth-order valence-corrected chi connectivity index (χ4v) is 4.06. The number of rotatable bonds is 3. The Bertz CT molecular complexity index is 864. The van der Waals surface area contributed by atoms with Crippen molar-refractivity contribution in [1.82, 2.24) is 24.5 Å². The molecule has 9 heteroatoms. The number of ether oxygens (including phenoxy) is 1. The second-order valence-corrected chi connectivity index (χ2v) is 7.31. The molecule has 0 N–H and O–H groups in total. The lowest BCUT2D eigenvalue weighted by atomic mass is 10.3. The molecule has 0 radical (unpaired) electrons. The quantitative estimate of drug-likeness (QED) is 0.807. The second-order valence-electron chi connectivity index (χ2n) is 7.31. The molecule has 2 saturated heterocycles. The van der Waals surface area contributed by atoms with E-state index < -0.39 is 0 Å². The minimum absolute atomic E-state index is 0.0647. The Labute approximate surface area is 156 Å². The normalized spacial score (nSPS) is 22.2. The fraction of sp³-hybridized carbons (Fsp3) is 0.556. The third-order valence-corrected chi connectivity index (χ3v) is 5.52. The lowest BCUT2D eigenvalue weighted by Gasteiger charge is -2.16. The zero-order chi connectivity index (χ0) is 18.4. The van der Waals surface area contributed by atoms with Gasteiger partial charge in [0.2, 0.25) is 11.8 Å². The first-order valence-corrected chi connectivity index (χ1v) is 9.53. The van der Waals surface area contributed by atoms with Crippen LogP contribution in [0.2, 0.25) is 0 Å². The third-order valence-electron chi connectivity index (χ3n) is 5.52. The number of hydrogen-bond donors (Lipinski definition) is 0. The average Bonchev–Trinajstić information content (AvgIpc) is 3.44. The van der Waals surface area contributed by atoms with Crippen molar-refractivity contribution < 1.29 is 14.3 Å². The molecule has 5 heterocycles. The topological polar surface area (TPSA) is 85.5 Å². The van der Waals surface area contributed by atoms with Gasteiger partial charge in [-0.15, -0.1) is 0 Å². The van der Waals surface area contributed by atoms with Crippen molar-refractivity contribution in [2.75, 3.05) is 31.1 Å². The van der Waals surface area contributed by atoms with Crippen molar-refractivity contribution in [3.05, 3.63) is 24.2 Å². The van der Waals surface area contributed by atoms with E-state index in [1.165, 1.54) is 0 Å². The van der Waals surface area contributed by atoms with E-state index in [1.807, 2.05) is 15.8 Å². The Balaban J connectivity index is 1.27. The van der Waals surface area contributed by atoms with Crippen LogP contribution in [0.4, 0.5) is 5.69 Å². The van der Waals surface area contributed by atoms with E-state index in [9.17, 15) is 9.59 Å². The van der Waals surface area contributed by atoms with Crippen LogP contribution in [0.15, 0.2) is 18.5 Å². The largest absolute Gasteiger partial charge is 0.478 e. The number of nitrogens with zero attached hydrogens (tertiary/aromatic N) is 6. The van der Waals surface area contributed by atoms with E-state index in [0.29, 0.717) is 37.7 Å². The summed E-state index contributed by atoms with van der Waals surface area (Å²) in [5, 5.41) is 8.83. The molecule has 0 aliphatic carbocycles. The molecule has 2 amide bonds. The van der Waals surface area contributed by atoms with Crippen molar-refractivity contribution in [3.63, 3.8) is 0 Å². The maximum atomic E-state index is 12.8. The lowest BCUT2D eigenvalue weighted by molar-refractivity contribution is -0.117. The number of likely N-dealkylation sites (tertiary alicyclic amines) is 1. The van der Waals surface area contributed by atoms with Gasteiger partial charge in [0, 0.05) is 51.3 Å². The lowest BCUT2D eigenvalue weighted by Crippen LogP contribution is -2.29. The minimum atomic E-state index is -0.0647. The highest BCUT2D eigenvalue weighted by Crippen LogP contribution is 2.27. The molecule has 1 atom stereocenters. The highest BCUT2D eigenvalue weighted by atomic mass is 16.5. The van der Waals surface area contributed by atoms with Crippen LogP contribution in [0.3, 0.4) is 0 Å². The summed E-state index contributed by atoms with van der Waals surface area (Å²) in [6, 6.07) is 1.86. The minimum Gasteiger partial charge on any atom is -0.478 e. The van der Waals surface area contributed by atoms with Crippen molar-refractivity contribution in [2.24, 2.45) is 0 Å². The van der Waals surface area contributed by atoms with Gasteiger partial charge >= 0.3 is 0 Å². The number of aryl methyl sites for hydroxylation is 1. The van der Waals surface area contributed by atoms with Crippen LogP contribution in [0.25, 0.3) is 0 Å². The first-order valence-electron chi connectivity index (χ1n) is 9.53. The van der Waals surface area contributed by atoms with Crippen LogP contribution in [-0.2, 0) is 11.3 Å². The molecule has 2 aromatic heterocycles. The third kappa shape index (κ3) is 2.87. The summed E-state index contributed by atoms with van der Waals surface area (Å²) < 4.78 is 9.20. The van der Waals surface area contributed by atoms with E-state index >= 15 is 0 Å². The molecule has 0 saturated carbocycles. The number of hydrogen-bond acceptors (Lipinski definition) is 5. The molecule has 5 rings (SSSR count). The molecule has 2 aromatic rings. The molecule has 0 aromatic carbocycles. The van der Waals surface area contributed by atoms with E-state index in [0.717, 1.165) is 38.0 Å². The van der Waals surface area contributed by atoms with Crippen LogP contribution in [0.5, 0.6) is 5.88 Å². The van der Waals surface area contributed by atoms with Crippen LogP contribution >= 0.6 is 0 Å². The van der Waals surface area contributed by atoms with Gasteiger partial charge in [0.25, 0.3) is 5.91 Å². The van der Waals surface area contributed by atoms with E-state index in [2.05, 4.69) is 10.2 Å². The molecule has 3 aliphatic heterocycles. The van der Waals surface area contributed by atoms with Crippen LogP contribution < -0.4 is 9.64 Å². The summed E-state index contributed by atoms with van der Waals surface area (Å²) in [7, 11) is 0. The molecular weight excluding hydrogens is 348 g/mol. The first-order chi connectivity index (χ1) is 13.2. The van der Waals surface area contributed by atoms with E-state index in [-0.39, 0.29) is 17.9 Å². The maximum Gasteiger partial charge on any atom is 0.274 e. The molecular formula is C18H22N6O3. The van der Waals surface area contributed by atoms with Crippen molar-refractivity contribution in [1.29, 1.82) is 0 Å². The number of amides is 2. The molecule has 142 valence electrons. The highest BCUT2D eigenvalue weighted by Gasteiger charge is 2.31. The van der Waals surface area contributed by atoms with Gasteiger partial charge in [-0.1, -0.05) is 0 Å². The van der Waals surface area contributed by atoms with E-state index in [4.69, 9.17) is 4.74 Å². The van der Waals surface area contributed by atoms with Crippen LogP contribution in [-0.4, -0.2) is 62.5 Å². The van der Waals surface area contributed by atoms with Gasteiger partial charge in [0.15, 0.2) is 5.69 Å². The Hall–Kier alpha value is -2.84. The Morgan fingerprint density at radius 2 is 2.15 bits per heavy atom. The smallest absolute Gasteiger partial charge is 0.274 e. The van der Waals surface area contributed by atoms with Crippen molar-refractivity contribution in [3.8, 4) is 5.88 Å². The van der Waals surface area contributed by atoms with Gasteiger partial charge in [-0.05, 0) is 12.8 Å². The zero-order valence-electron chi connectivity index (χ0n) is 15.1. The highest BCUT2D eigenvalue weighted by molar-refractivity contribution is 5.95. The monoisotopic (exact) mass is 370 g/mol. The summed E-state index contributed by atoms with van der Waals surface area (Å²) in [5.74, 6) is 0.765. The number of carbonyl (C=O) groups is 2. The predicted molar refractivity (Wildman–Crippen MR) is 95.7 cm³/mol. The fourth-order valence-electron chi connectivity index (χ4n) is 4.06. The maximum absolute atomic E-state index is 12.8. The Morgan fingerprint density at radius 1 is 1.22 bits per heavy atom. The number of aromatic nitrogens is 4. The molecule has 9 nitrogen and oxygen atoms in total. The van der Waals surface area contributed by atoms with Gasteiger partial charge in [0.1, 0.15) is 0 Å². The Kier molecular flexibility index (Phi) is 3.87. The second kappa shape index (κ2) is 6.40. The Morgan fingerprint density at radius 3 is 2.96 bits per heavy atom. The number of fused-ring (bicyclic) bond motifs is 1. The molecule has 0 bridgehead atoms. The SMILES string of the molecule is O=C(c1cc2n(n1)CCCO2)N1CCC(n2cc(N3CCCC3=O)cn2)C1. The number of carbonyl (C=O) groups excluding carboxylic acids is 2. The van der Waals surface area contributed by atoms with Crippen LogP contribution in [0, 0.1) is 0 Å². The van der Waals surface area contributed by atoms with Gasteiger partial charge in [-0.25, -0.2) is 4.68 Å². The van der Waals surface area contributed by atoms with Gasteiger partial charge in [-0.3, -0.25) is 14.3 Å². The summed E-state index contributed by atoms with van der Waals surface area (Å²) in [6.45, 7) is 3.48. The summed E-state index contributed by atoms with van der Waals surface area (Å²) in [5.41, 5.74) is 1.29. The molecule has 3 aliphatic rings. The summed E-state index contributed by atoms with van der Waals surface area (Å²) in [6.07, 6.45) is 6.92. The van der Waals surface area contributed by atoms with Gasteiger partial charge < -0.3 is 14.5 Å². The molecule has 27 heavy (non-hydrogen) atoms. The molecule has 1 unspecified atom stereocenters. The zero-order valence-corrected chi connectivity index (χ0v) is 15.1. The predicted octanol–water partition coefficient (Wildman–Crippen LogP) is 1.08. The van der Waals surface area contributed by atoms with Crippen molar-refractivity contribution in [2.45, 2.75) is 38.3 Å². The molecule has 0 spiro atoms. The average molecular weight is 370 g/mol. The van der Waals surface area contributed by atoms with E-state index in [1.54, 1.807) is 21.8 Å². The summed E-state index contributed by atoms with van der Waals surface area (Å²) >= 11 is 0. The summed E-state index contributed by atoms with van der Waals surface area (Å²) in [4.78, 5) is 28.3.